The number of benzene rings is 1. The SMILES string of the molecule is C=N/C(C)=C\N(C)c1cncc2[nH]c(-c3n[nH]c4cnc(-c5cncc(OCc6ccccc6)c5)cc34)nc12. The van der Waals surface area contributed by atoms with Gasteiger partial charge < -0.3 is 14.6 Å². The minimum Gasteiger partial charge on any atom is -0.487 e. The zero-order valence-electron chi connectivity index (χ0n) is 21.5. The van der Waals surface area contributed by atoms with Crippen LogP contribution in [0.4, 0.5) is 5.69 Å². The average molecular weight is 516 g/mol. The van der Waals surface area contributed by atoms with Gasteiger partial charge in [0.15, 0.2) is 5.82 Å². The Kier molecular flexibility index (Phi) is 6.26. The van der Waals surface area contributed by atoms with Crippen LogP contribution in [0, 0.1) is 0 Å². The molecule has 6 aromatic rings. The molecule has 0 aliphatic heterocycles. The minimum absolute atomic E-state index is 0.460. The van der Waals surface area contributed by atoms with Gasteiger partial charge in [0.05, 0.1) is 52.9 Å². The lowest BCUT2D eigenvalue weighted by molar-refractivity contribution is 0.305. The summed E-state index contributed by atoms with van der Waals surface area (Å²) < 4.78 is 5.97. The summed E-state index contributed by atoms with van der Waals surface area (Å²) in [6.45, 7) is 5.93. The number of H-pyrrole nitrogens is 2. The van der Waals surface area contributed by atoms with E-state index < -0.39 is 0 Å². The van der Waals surface area contributed by atoms with Gasteiger partial charge in [-0.1, -0.05) is 30.3 Å². The molecule has 0 amide bonds. The van der Waals surface area contributed by atoms with Crippen LogP contribution in [0.15, 0.2) is 90.3 Å². The molecule has 0 saturated carbocycles. The molecule has 192 valence electrons. The van der Waals surface area contributed by atoms with Crippen molar-refractivity contribution in [2.45, 2.75) is 13.5 Å². The van der Waals surface area contributed by atoms with Crippen molar-refractivity contribution in [3.05, 3.63) is 90.9 Å². The van der Waals surface area contributed by atoms with Crippen LogP contribution in [-0.2, 0) is 6.61 Å². The number of pyridine rings is 3. The fourth-order valence-corrected chi connectivity index (χ4v) is 4.31. The van der Waals surface area contributed by atoms with Crippen LogP contribution in [-0.4, -0.2) is 48.9 Å². The molecule has 0 bridgehead atoms. The Morgan fingerprint density at radius 3 is 2.74 bits per heavy atom. The number of nitrogens with one attached hydrogen (secondary N) is 2. The van der Waals surface area contributed by atoms with E-state index in [9.17, 15) is 0 Å². The summed E-state index contributed by atoms with van der Waals surface area (Å²) in [5, 5.41) is 8.49. The minimum atomic E-state index is 0.460. The molecule has 0 saturated heterocycles. The number of fused-ring (bicyclic) bond motifs is 2. The first-order valence-electron chi connectivity index (χ1n) is 12.3. The standard InChI is InChI=1S/C29H25N9O/c1-18(30-2)16-38(3)26-15-32-13-25-28(26)35-29(34-25)27-22-10-23(33-14-24(22)36-37-27)20-9-21(12-31-11-20)39-17-19-7-5-4-6-8-19/h4-16H,2,17H2,1,3H3,(H,34,35)(H,36,37)/b18-16-. The Hall–Kier alpha value is -5.38. The Bertz CT molecular complexity index is 1820. The third kappa shape index (κ3) is 4.82. The molecular weight excluding hydrogens is 490 g/mol. The van der Waals surface area contributed by atoms with Crippen molar-refractivity contribution in [3.8, 4) is 28.5 Å². The molecule has 0 atom stereocenters. The number of rotatable bonds is 8. The maximum atomic E-state index is 5.97. The van der Waals surface area contributed by atoms with E-state index in [2.05, 4.69) is 41.8 Å². The maximum Gasteiger partial charge on any atom is 0.159 e. The first-order valence-corrected chi connectivity index (χ1v) is 12.3. The number of imidazole rings is 1. The fourth-order valence-electron chi connectivity index (χ4n) is 4.31. The second-order valence-corrected chi connectivity index (χ2v) is 9.05. The van der Waals surface area contributed by atoms with E-state index in [1.54, 1.807) is 31.0 Å². The number of allylic oxidation sites excluding steroid dienone is 1. The molecule has 0 aliphatic rings. The topological polar surface area (TPSA) is 121 Å². The number of ether oxygens (including phenoxy) is 1. The lowest BCUT2D eigenvalue weighted by Gasteiger charge is -2.14. The molecule has 0 spiro atoms. The molecule has 39 heavy (non-hydrogen) atoms. The summed E-state index contributed by atoms with van der Waals surface area (Å²) in [6.07, 6.45) is 10.6. The van der Waals surface area contributed by atoms with Crippen LogP contribution in [0.25, 0.3) is 44.7 Å². The van der Waals surface area contributed by atoms with Crippen LogP contribution >= 0.6 is 0 Å². The Balaban J connectivity index is 1.34. The molecule has 10 nitrogen and oxygen atoms in total. The maximum absolute atomic E-state index is 5.97. The molecular formula is C29H25N9O. The number of hydrogen-bond acceptors (Lipinski definition) is 8. The average Bonchev–Trinajstić information content (AvgIpc) is 3.60. The quantitative estimate of drug-likeness (QED) is 0.256. The number of aromatic nitrogens is 7. The summed E-state index contributed by atoms with van der Waals surface area (Å²) >= 11 is 0. The van der Waals surface area contributed by atoms with Crippen molar-refractivity contribution in [3.63, 3.8) is 0 Å². The van der Waals surface area contributed by atoms with Crippen molar-refractivity contribution in [1.82, 2.24) is 35.1 Å². The van der Waals surface area contributed by atoms with Gasteiger partial charge in [-0.3, -0.25) is 25.0 Å². The molecule has 10 heteroatoms. The van der Waals surface area contributed by atoms with E-state index in [1.807, 2.05) is 67.5 Å². The van der Waals surface area contributed by atoms with Crippen LogP contribution in [0.3, 0.4) is 0 Å². The number of anilines is 1. The number of aliphatic imine (C=N–C) groups is 1. The molecule has 0 fully saturated rings. The number of nitrogens with zero attached hydrogens (tertiary/aromatic N) is 7. The third-order valence-electron chi connectivity index (χ3n) is 6.31. The third-order valence-corrected chi connectivity index (χ3v) is 6.31. The van der Waals surface area contributed by atoms with Crippen molar-refractivity contribution in [2.75, 3.05) is 11.9 Å². The highest BCUT2D eigenvalue weighted by Crippen LogP contribution is 2.32. The predicted molar refractivity (Wildman–Crippen MR) is 152 cm³/mol. The van der Waals surface area contributed by atoms with E-state index in [0.29, 0.717) is 23.9 Å². The number of aromatic amines is 2. The summed E-state index contributed by atoms with van der Waals surface area (Å²) in [7, 11) is 1.92. The Labute approximate surface area is 224 Å². The van der Waals surface area contributed by atoms with Gasteiger partial charge in [0.25, 0.3) is 0 Å². The van der Waals surface area contributed by atoms with Gasteiger partial charge in [-0.15, -0.1) is 0 Å². The van der Waals surface area contributed by atoms with Gasteiger partial charge in [-0.2, -0.15) is 5.10 Å². The second-order valence-electron chi connectivity index (χ2n) is 9.05. The summed E-state index contributed by atoms with van der Waals surface area (Å²) in [5.74, 6) is 1.29. The van der Waals surface area contributed by atoms with Gasteiger partial charge in [0.1, 0.15) is 23.6 Å². The van der Waals surface area contributed by atoms with Crippen LogP contribution in [0.1, 0.15) is 12.5 Å². The molecule has 6 rings (SSSR count). The normalized spacial score (nSPS) is 11.7. The molecule has 5 heterocycles. The predicted octanol–water partition coefficient (Wildman–Crippen LogP) is 5.54. The smallest absolute Gasteiger partial charge is 0.159 e. The van der Waals surface area contributed by atoms with E-state index in [-0.39, 0.29) is 0 Å². The Morgan fingerprint density at radius 2 is 1.90 bits per heavy atom. The van der Waals surface area contributed by atoms with Crippen molar-refractivity contribution >= 4 is 34.3 Å². The van der Waals surface area contributed by atoms with Crippen LogP contribution in [0.5, 0.6) is 5.75 Å². The first-order chi connectivity index (χ1) is 19.1. The highest BCUT2D eigenvalue weighted by atomic mass is 16.5. The molecule has 2 N–H and O–H groups in total. The molecule has 1 aromatic carbocycles. The van der Waals surface area contributed by atoms with Gasteiger partial charge in [0.2, 0.25) is 0 Å². The molecule has 5 aromatic heterocycles. The van der Waals surface area contributed by atoms with Crippen LogP contribution < -0.4 is 9.64 Å². The van der Waals surface area contributed by atoms with E-state index in [4.69, 9.17) is 9.72 Å². The highest BCUT2D eigenvalue weighted by molar-refractivity contribution is 5.96. The largest absolute Gasteiger partial charge is 0.487 e. The first kappa shape index (κ1) is 24.0. The molecule has 0 aliphatic carbocycles. The zero-order chi connectivity index (χ0) is 26.8. The van der Waals surface area contributed by atoms with Crippen LogP contribution in [0.2, 0.25) is 0 Å². The van der Waals surface area contributed by atoms with E-state index >= 15 is 0 Å². The molecule has 0 unspecified atom stereocenters. The van der Waals surface area contributed by atoms with Crippen molar-refractivity contribution in [2.24, 2.45) is 4.99 Å². The fraction of sp³-hybridized carbons (Fsp3) is 0.103. The summed E-state index contributed by atoms with van der Waals surface area (Å²) in [4.78, 5) is 27.5. The van der Waals surface area contributed by atoms with Gasteiger partial charge in [-0.05, 0) is 31.3 Å². The van der Waals surface area contributed by atoms with Crippen molar-refractivity contribution in [1.29, 1.82) is 0 Å². The molecule has 0 radical (unpaired) electrons. The summed E-state index contributed by atoms with van der Waals surface area (Å²) in [6, 6.07) is 13.9. The lowest BCUT2D eigenvalue weighted by Crippen LogP contribution is -2.09. The number of hydrogen-bond donors (Lipinski definition) is 2. The van der Waals surface area contributed by atoms with Gasteiger partial charge in [-0.25, -0.2) is 4.98 Å². The van der Waals surface area contributed by atoms with Gasteiger partial charge >= 0.3 is 0 Å². The zero-order valence-corrected chi connectivity index (χ0v) is 21.5. The van der Waals surface area contributed by atoms with E-state index in [1.165, 1.54) is 0 Å². The monoisotopic (exact) mass is 515 g/mol. The Morgan fingerprint density at radius 1 is 1.05 bits per heavy atom. The van der Waals surface area contributed by atoms with Crippen molar-refractivity contribution < 1.29 is 4.74 Å². The van der Waals surface area contributed by atoms with Gasteiger partial charge in [0, 0.05) is 30.4 Å². The lowest BCUT2D eigenvalue weighted by atomic mass is 10.1. The summed E-state index contributed by atoms with van der Waals surface area (Å²) in [5.41, 5.74) is 7.34. The highest BCUT2D eigenvalue weighted by Gasteiger charge is 2.17. The van der Waals surface area contributed by atoms with E-state index in [0.717, 1.165) is 50.1 Å². The second kappa shape index (κ2) is 10.2.